The number of benzene rings is 8. The van der Waals surface area contributed by atoms with Crippen LogP contribution in [0, 0.1) is 0 Å². The molecule has 1 heteroatoms. The maximum atomic E-state index is 6.56. The summed E-state index contributed by atoms with van der Waals surface area (Å²) in [6.07, 6.45) is 0. The molecule has 0 N–H and O–H groups in total. The molecule has 1 heterocycles. The van der Waals surface area contributed by atoms with Crippen LogP contribution in [0.1, 0.15) is 22.6 Å². The summed E-state index contributed by atoms with van der Waals surface area (Å²) in [6.45, 7) is 0. The summed E-state index contributed by atoms with van der Waals surface area (Å²) in [7, 11) is 0. The van der Waals surface area contributed by atoms with E-state index in [1.807, 2.05) is 6.07 Å². The first-order valence-electron chi connectivity index (χ1n) is 15.2. The van der Waals surface area contributed by atoms with Crippen LogP contribution in [0.15, 0.2) is 168 Å². The molecule has 0 fully saturated rings. The molecule has 0 unspecified atom stereocenters. The number of furan rings is 1. The molecule has 9 aromatic rings. The van der Waals surface area contributed by atoms with Crippen molar-refractivity contribution in [2.75, 3.05) is 0 Å². The molecule has 44 heavy (non-hydrogen) atoms. The van der Waals surface area contributed by atoms with Crippen molar-refractivity contribution in [1.82, 2.24) is 0 Å². The third-order valence-electron chi connectivity index (χ3n) is 9.19. The molecule has 206 valence electrons. The number of hydrogen-bond donors (Lipinski definition) is 0. The maximum absolute atomic E-state index is 6.56. The Morgan fingerprint density at radius 3 is 1.73 bits per heavy atom. The van der Waals surface area contributed by atoms with Crippen molar-refractivity contribution in [2.24, 2.45) is 0 Å². The van der Waals surface area contributed by atoms with Crippen LogP contribution in [0.25, 0.3) is 65.4 Å². The van der Waals surface area contributed by atoms with E-state index in [4.69, 9.17) is 4.42 Å². The third-order valence-corrected chi connectivity index (χ3v) is 9.19. The minimum absolute atomic E-state index is 0.120. The summed E-state index contributed by atoms with van der Waals surface area (Å²) < 4.78 is 6.56. The average molecular weight is 561 g/mol. The highest BCUT2D eigenvalue weighted by Crippen LogP contribution is 2.46. The van der Waals surface area contributed by atoms with Crippen molar-refractivity contribution < 1.29 is 4.42 Å². The van der Waals surface area contributed by atoms with Gasteiger partial charge in [0.1, 0.15) is 11.2 Å². The molecule has 1 nitrogen and oxygen atoms in total. The highest BCUT2D eigenvalue weighted by Gasteiger charge is 2.22. The largest absolute Gasteiger partial charge is 0.456 e. The van der Waals surface area contributed by atoms with Gasteiger partial charge >= 0.3 is 0 Å². The fourth-order valence-electron chi connectivity index (χ4n) is 7.27. The fraction of sp³-hybridized carbons (Fsp3) is 0.0233. The van der Waals surface area contributed by atoms with Gasteiger partial charge in [-0.1, -0.05) is 152 Å². The Hall–Kier alpha value is -5.66. The zero-order valence-corrected chi connectivity index (χ0v) is 24.1. The van der Waals surface area contributed by atoms with Crippen LogP contribution >= 0.6 is 0 Å². The first-order chi connectivity index (χ1) is 21.8. The quantitative estimate of drug-likeness (QED) is 0.154. The van der Waals surface area contributed by atoms with Crippen LogP contribution in [-0.2, 0) is 0 Å². The fourth-order valence-corrected chi connectivity index (χ4v) is 7.27. The molecular formula is C43H28O. The minimum atomic E-state index is 0.120. The summed E-state index contributed by atoms with van der Waals surface area (Å²) in [5.74, 6) is 0.120. The van der Waals surface area contributed by atoms with E-state index in [9.17, 15) is 0 Å². The van der Waals surface area contributed by atoms with Crippen molar-refractivity contribution in [1.29, 1.82) is 0 Å². The molecule has 0 saturated heterocycles. The van der Waals surface area contributed by atoms with Gasteiger partial charge in [0.15, 0.2) is 0 Å². The van der Waals surface area contributed by atoms with Crippen molar-refractivity contribution in [3.8, 4) is 11.1 Å². The molecule has 1 aromatic heterocycles. The van der Waals surface area contributed by atoms with Gasteiger partial charge < -0.3 is 4.42 Å². The maximum Gasteiger partial charge on any atom is 0.136 e. The summed E-state index contributed by atoms with van der Waals surface area (Å²) >= 11 is 0. The van der Waals surface area contributed by atoms with Crippen LogP contribution in [0.3, 0.4) is 0 Å². The second kappa shape index (κ2) is 9.97. The van der Waals surface area contributed by atoms with Gasteiger partial charge in [-0.25, -0.2) is 0 Å². The Balaban J connectivity index is 1.37. The molecule has 0 amide bonds. The molecule has 0 radical (unpaired) electrons. The number of rotatable bonds is 4. The molecule has 0 bridgehead atoms. The van der Waals surface area contributed by atoms with Crippen LogP contribution in [0.2, 0.25) is 0 Å². The topological polar surface area (TPSA) is 13.1 Å². The van der Waals surface area contributed by atoms with Gasteiger partial charge in [0.05, 0.1) is 0 Å². The lowest BCUT2D eigenvalue weighted by Crippen LogP contribution is -2.04. The van der Waals surface area contributed by atoms with Gasteiger partial charge in [0.25, 0.3) is 0 Å². The van der Waals surface area contributed by atoms with E-state index in [1.54, 1.807) is 0 Å². The van der Waals surface area contributed by atoms with Gasteiger partial charge in [-0.3, -0.25) is 0 Å². The Kier molecular flexibility index (Phi) is 5.64. The van der Waals surface area contributed by atoms with E-state index in [0.29, 0.717) is 0 Å². The van der Waals surface area contributed by atoms with Gasteiger partial charge in [-0.2, -0.15) is 0 Å². The van der Waals surface area contributed by atoms with E-state index < -0.39 is 0 Å². The molecule has 9 rings (SSSR count). The zero-order valence-electron chi connectivity index (χ0n) is 24.1. The molecular weight excluding hydrogens is 532 g/mol. The smallest absolute Gasteiger partial charge is 0.136 e. The van der Waals surface area contributed by atoms with Crippen molar-refractivity contribution in [2.45, 2.75) is 5.92 Å². The van der Waals surface area contributed by atoms with Gasteiger partial charge in [-0.05, 0) is 66.9 Å². The summed E-state index contributed by atoms with van der Waals surface area (Å²) in [5, 5.41) is 9.82. The number of fused-ring (bicyclic) bond motifs is 8. The summed E-state index contributed by atoms with van der Waals surface area (Å²) in [6, 6.07) is 59.2. The van der Waals surface area contributed by atoms with Crippen molar-refractivity contribution in [3.05, 3.63) is 180 Å². The highest BCUT2D eigenvalue weighted by atomic mass is 16.3. The van der Waals surface area contributed by atoms with Crippen molar-refractivity contribution >= 4 is 54.3 Å². The Morgan fingerprint density at radius 2 is 0.977 bits per heavy atom. The average Bonchev–Trinajstić information content (AvgIpc) is 3.47. The third kappa shape index (κ3) is 3.80. The Labute approximate surface area is 255 Å². The lowest BCUT2D eigenvalue weighted by molar-refractivity contribution is 0.669. The molecule has 0 atom stereocenters. The standard InChI is InChI=1S/C43H28O/c1-3-14-29(15-4-1)41(30-16-5-2-6-17-30)35-26-25-34(32-19-9-10-20-33(32)35)38-27-40-43(37-21-11-12-22-39(37)44-40)42-31-18-8-7-13-28(31)23-24-36(38)42/h1-27,41H. The summed E-state index contributed by atoms with van der Waals surface area (Å²) in [5.41, 5.74) is 8.13. The van der Waals surface area contributed by atoms with Crippen LogP contribution < -0.4 is 0 Å². The SMILES string of the molecule is c1ccc(C(c2ccccc2)c2ccc(-c3cc4oc5ccccc5c4c4c3ccc3ccccc34)c3ccccc23)cc1. The van der Waals surface area contributed by atoms with Gasteiger partial charge in [0.2, 0.25) is 0 Å². The molecule has 8 aromatic carbocycles. The Bertz CT molecular complexity index is 2450. The van der Waals surface area contributed by atoms with E-state index in [1.165, 1.54) is 65.5 Å². The van der Waals surface area contributed by atoms with E-state index >= 15 is 0 Å². The van der Waals surface area contributed by atoms with Crippen LogP contribution in [0.4, 0.5) is 0 Å². The summed E-state index contributed by atoms with van der Waals surface area (Å²) in [4.78, 5) is 0. The molecule has 0 aliphatic carbocycles. The first kappa shape index (κ1) is 24.9. The Morgan fingerprint density at radius 1 is 0.364 bits per heavy atom. The van der Waals surface area contributed by atoms with Crippen LogP contribution in [0.5, 0.6) is 0 Å². The van der Waals surface area contributed by atoms with E-state index in [-0.39, 0.29) is 5.92 Å². The predicted octanol–water partition coefficient (Wildman–Crippen LogP) is 11.9. The lowest BCUT2D eigenvalue weighted by atomic mass is 9.81. The van der Waals surface area contributed by atoms with Gasteiger partial charge in [-0.15, -0.1) is 0 Å². The number of para-hydroxylation sites is 1. The van der Waals surface area contributed by atoms with E-state index in [2.05, 4.69) is 158 Å². The van der Waals surface area contributed by atoms with Gasteiger partial charge in [0, 0.05) is 22.1 Å². The van der Waals surface area contributed by atoms with Crippen LogP contribution in [-0.4, -0.2) is 0 Å². The second-order valence-electron chi connectivity index (χ2n) is 11.6. The molecule has 0 spiro atoms. The monoisotopic (exact) mass is 560 g/mol. The molecule has 0 aliphatic rings. The normalized spacial score (nSPS) is 11.8. The van der Waals surface area contributed by atoms with E-state index in [0.717, 1.165) is 16.6 Å². The molecule has 0 aliphatic heterocycles. The second-order valence-corrected chi connectivity index (χ2v) is 11.6. The number of hydrogen-bond acceptors (Lipinski definition) is 1. The minimum Gasteiger partial charge on any atom is -0.456 e. The van der Waals surface area contributed by atoms with Crippen molar-refractivity contribution in [3.63, 3.8) is 0 Å². The first-order valence-corrected chi connectivity index (χ1v) is 15.2. The molecule has 0 saturated carbocycles. The highest BCUT2D eigenvalue weighted by molar-refractivity contribution is 6.30. The lowest BCUT2D eigenvalue weighted by Gasteiger charge is -2.22. The zero-order chi connectivity index (χ0) is 29.0. The predicted molar refractivity (Wildman–Crippen MR) is 186 cm³/mol.